The van der Waals surface area contributed by atoms with Crippen molar-refractivity contribution in [3.63, 3.8) is 0 Å². The van der Waals surface area contributed by atoms with Crippen molar-refractivity contribution in [2.75, 3.05) is 0 Å². The fraction of sp³-hybridized carbons (Fsp3) is 0.435. The molecule has 1 aliphatic carbocycles. The predicted octanol–water partition coefficient (Wildman–Crippen LogP) is 6.68. The standard InChI is InChI=1S/C12H10.C11H20O/c1-3-7-11(8-4-1)12-9-5-2-6-10-12;1-2-3-4-7-10-8-5-6-9-11(10)12/h1-10H;10H,2-9H2,1H3. The van der Waals surface area contributed by atoms with Gasteiger partial charge in [-0.2, -0.15) is 0 Å². The van der Waals surface area contributed by atoms with Crippen LogP contribution in [0.15, 0.2) is 60.7 Å². The first-order chi connectivity index (χ1) is 11.8. The van der Waals surface area contributed by atoms with Crippen LogP contribution in [-0.4, -0.2) is 5.78 Å². The lowest BCUT2D eigenvalue weighted by molar-refractivity contribution is -0.124. The fourth-order valence-corrected chi connectivity index (χ4v) is 3.26. The van der Waals surface area contributed by atoms with Gasteiger partial charge in [0.2, 0.25) is 0 Å². The second kappa shape index (κ2) is 10.8. The van der Waals surface area contributed by atoms with E-state index in [0.29, 0.717) is 11.7 Å². The summed E-state index contributed by atoms with van der Waals surface area (Å²) < 4.78 is 0. The maximum atomic E-state index is 11.4. The molecule has 2 aromatic carbocycles. The van der Waals surface area contributed by atoms with Crippen LogP contribution in [0.25, 0.3) is 11.1 Å². The molecule has 0 saturated heterocycles. The summed E-state index contributed by atoms with van der Waals surface area (Å²) >= 11 is 0. The number of Topliss-reactive ketones (excluding diaryl/α,β-unsaturated/α-hetero) is 1. The summed E-state index contributed by atoms with van der Waals surface area (Å²) in [7, 11) is 0. The molecule has 1 unspecified atom stereocenters. The third-order valence-electron chi connectivity index (χ3n) is 4.72. The maximum Gasteiger partial charge on any atom is 0.135 e. The first-order valence-electron chi connectivity index (χ1n) is 9.44. The largest absolute Gasteiger partial charge is 0.299 e. The Labute approximate surface area is 147 Å². The van der Waals surface area contributed by atoms with Crippen LogP contribution in [0.3, 0.4) is 0 Å². The van der Waals surface area contributed by atoms with Crippen molar-refractivity contribution in [2.24, 2.45) is 5.92 Å². The second-order valence-corrected chi connectivity index (χ2v) is 6.64. The van der Waals surface area contributed by atoms with Crippen LogP contribution in [-0.2, 0) is 4.79 Å². The molecule has 1 heteroatoms. The highest BCUT2D eigenvalue weighted by Gasteiger charge is 2.20. The van der Waals surface area contributed by atoms with Gasteiger partial charge in [0.25, 0.3) is 0 Å². The monoisotopic (exact) mass is 322 g/mol. The van der Waals surface area contributed by atoms with Crippen LogP contribution in [0.5, 0.6) is 0 Å². The second-order valence-electron chi connectivity index (χ2n) is 6.64. The summed E-state index contributed by atoms with van der Waals surface area (Å²) in [4.78, 5) is 11.4. The van der Waals surface area contributed by atoms with Gasteiger partial charge >= 0.3 is 0 Å². The van der Waals surface area contributed by atoms with Crippen molar-refractivity contribution in [3.8, 4) is 11.1 Å². The first-order valence-corrected chi connectivity index (χ1v) is 9.44. The molecule has 0 N–H and O–H groups in total. The van der Waals surface area contributed by atoms with Crippen molar-refractivity contribution >= 4 is 5.78 Å². The number of carbonyl (C=O) groups excluding carboxylic acids is 1. The number of hydrogen-bond acceptors (Lipinski definition) is 1. The summed E-state index contributed by atoms with van der Waals surface area (Å²) in [6.45, 7) is 2.21. The summed E-state index contributed by atoms with van der Waals surface area (Å²) in [5.41, 5.74) is 2.55. The first kappa shape index (κ1) is 18.4. The lowest BCUT2D eigenvalue weighted by Gasteiger charge is -2.19. The minimum Gasteiger partial charge on any atom is -0.299 e. The molecule has 1 aliphatic rings. The Kier molecular flexibility index (Phi) is 8.31. The summed E-state index contributed by atoms with van der Waals surface area (Å²) in [5.74, 6) is 0.975. The van der Waals surface area contributed by atoms with Gasteiger partial charge in [-0.1, -0.05) is 93.3 Å². The maximum absolute atomic E-state index is 11.4. The molecule has 0 heterocycles. The molecule has 1 fully saturated rings. The Hall–Kier alpha value is -1.89. The van der Waals surface area contributed by atoms with Crippen LogP contribution in [0.4, 0.5) is 0 Å². The summed E-state index contributed by atoms with van der Waals surface area (Å²) in [6, 6.07) is 20.8. The molecule has 2 aromatic rings. The highest BCUT2D eigenvalue weighted by Crippen LogP contribution is 2.25. The zero-order valence-electron chi connectivity index (χ0n) is 14.9. The van der Waals surface area contributed by atoms with Crippen molar-refractivity contribution in [3.05, 3.63) is 60.7 Å². The third kappa shape index (κ3) is 6.31. The molecular formula is C23H30O. The summed E-state index contributed by atoms with van der Waals surface area (Å²) in [5, 5.41) is 0. The average molecular weight is 322 g/mol. The quantitative estimate of drug-likeness (QED) is 0.561. The van der Waals surface area contributed by atoms with Gasteiger partial charge in [0, 0.05) is 12.3 Å². The smallest absolute Gasteiger partial charge is 0.135 e. The van der Waals surface area contributed by atoms with E-state index in [9.17, 15) is 4.79 Å². The molecule has 0 bridgehead atoms. The number of ketones is 1. The zero-order valence-corrected chi connectivity index (χ0v) is 14.9. The van der Waals surface area contributed by atoms with Gasteiger partial charge in [-0.15, -0.1) is 0 Å². The van der Waals surface area contributed by atoms with E-state index in [1.54, 1.807) is 0 Å². The van der Waals surface area contributed by atoms with Crippen LogP contribution < -0.4 is 0 Å². The van der Waals surface area contributed by atoms with Gasteiger partial charge in [-0.05, 0) is 30.4 Å². The minimum absolute atomic E-state index is 0.435. The van der Waals surface area contributed by atoms with Crippen LogP contribution in [0.1, 0.15) is 58.3 Å². The zero-order chi connectivity index (χ0) is 17.0. The van der Waals surface area contributed by atoms with Crippen LogP contribution >= 0.6 is 0 Å². The molecule has 1 atom stereocenters. The van der Waals surface area contributed by atoms with Gasteiger partial charge < -0.3 is 0 Å². The molecule has 0 radical (unpaired) electrons. The molecule has 128 valence electrons. The molecular weight excluding hydrogens is 292 g/mol. The normalized spacial score (nSPS) is 17.0. The lowest BCUT2D eigenvalue weighted by Crippen LogP contribution is -2.18. The highest BCUT2D eigenvalue weighted by atomic mass is 16.1. The number of hydrogen-bond donors (Lipinski definition) is 0. The van der Waals surface area contributed by atoms with E-state index in [4.69, 9.17) is 0 Å². The highest BCUT2D eigenvalue weighted by molar-refractivity contribution is 5.81. The Bertz CT molecular complexity index is 536. The topological polar surface area (TPSA) is 17.1 Å². The molecule has 0 aliphatic heterocycles. The average Bonchev–Trinajstić information content (AvgIpc) is 2.66. The van der Waals surface area contributed by atoms with Crippen molar-refractivity contribution in [1.82, 2.24) is 0 Å². The van der Waals surface area contributed by atoms with Crippen LogP contribution in [0.2, 0.25) is 0 Å². The molecule has 0 spiro atoms. The van der Waals surface area contributed by atoms with Crippen LogP contribution in [0, 0.1) is 5.92 Å². The molecule has 1 saturated carbocycles. The number of benzene rings is 2. The Balaban J connectivity index is 0.000000174. The van der Waals surface area contributed by atoms with Gasteiger partial charge in [-0.3, -0.25) is 4.79 Å². The van der Waals surface area contributed by atoms with Crippen molar-refractivity contribution < 1.29 is 4.79 Å². The van der Waals surface area contributed by atoms with E-state index in [-0.39, 0.29) is 0 Å². The number of carbonyl (C=O) groups is 1. The van der Waals surface area contributed by atoms with Crippen molar-refractivity contribution in [2.45, 2.75) is 58.3 Å². The Morgan fingerprint density at radius 3 is 1.92 bits per heavy atom. The minimum atomic E-state index is 0.435. The predicted molar refractivity (Wildman–Crippen MR) is 103 cm³/mol. The molecule has 3 rings (SSSR count). The molecule has 0 aromatic heterocycles. The number of unbranched alkanes of at least 4 members (excludes halogenated alkanes) is 2. The third-order valence-corrected chi connectivity index (χ3v) is 4.72. The van der Waals surface area contributed by atoms with E-state index in [2.05, 4.69) is 55.5 Å². The SMILES string of the molecule is CCCCCC1CCCCC1=O.c1ccc(-c2ccccc2)cc1. The molecule has 24 heavy (non-hydrogen) atoms. The number of rotatable bonds is 5. The van der Waals surface area contributed by atoms with Gasteiger partial charge in [-0.25, -0.2) is 0 Å². The fourth-order valence-electron chi connectivity index (χ4n) is 3.26. The Morgan fingerprint density at radius 2 is 1.42 bits per heavy atom. The van der Waals surface area contributed by atoms with E-state index < -0.39 is 0 Å². The van der Waals surface area contributed by atoms with E-state index in [1.807, 2.05) is 12.1 Å². The van der Waals surface area contributed by atoms with E-state index >= 15 is 0 Å². The van der Waals surface area contributed by atoms with E-state index in [0.717, 1.165) is 19.3 Å². The van der Waals surface area contributed by atoms with Crippen molar-refractivity contribution in [1.29, 1.82) is 0 Å². The Morgan fingerprint density at radius 1 is 0.833 bits per heavy atom. The molecule has 0 amide bonds. The molecule has 1 nitrogen and oxygen atoms in total. The van der Waals surface area contributed by atoms with Gasteiger partial charge in [0.15, 0.2) is 0 Å². The summed E-state index contributed by atoms with van der Waals surface area (Å²) in [6.07, 6.45) is 9.43. The van der Waals surface area contributed by atoms with E-state index in [1.165, 1.54) is 43.2 Å². The lowest BCUT2D eigenvalue weighted by atomic mass is 9.84. The van der Waals surface area contributed by atoms with Gasteiger partial charge in [0.05, 0.1) is 0 Å². The van der Waals surface area contributed by atoms with Gasteiger partial charge in [0.1, 0.15) is 5.78 Å².